The van der Waals surface area contributed by atoms with Gasteiger partial charge in [-0.15, -0.1) is 11.3 Å². The number of hydrogen-bond donors (Lipinski definition) is 2. The number of hydrogen-bond acceptors (Lipinski definition) is 4. The Morgan fingerprint density at radius 1 is 1.41 bits per heavy atom. The predicted molar refractivity (Wildman–Crippen MR) is 66.1 cm³/mol. The van der Waals surface area contributed by atoms with Gasteiger partial charge in [0.15, 0.2) is 0 Å². The third-order valence-corrected chi connectivity index (χ3v) is 2.87. The Labute approximate surface area is 104 Å². The lowest BCUT2D eigenvalue weighted by Crippen LogP contribution is -2.39. The molecule has 0 fully saturated rings. The largest absolute Gasteiger partial charge is 0.465 e. The average Bonchev–Trinajstić information content (AvgIpc) is 2.80. The first kappa shape index (κ1) is 13.5. The zero-order valence-corrected chi connectivity index (χ0v) is 10.5. The number of ether oxygens (including phenoxy) is 1. The third kappa shape index (κ3) is 5.91. The van der Waals surface area contributed by atoms with Crippen molar-refractivity contribution >= 4 is 23.3 Å². The minimum Gasteiger partial charge on any atom is -0.465 e. The van der Waals surface area contributed by atoms with Crippen LogP contribution in [0.5, 0.6) is 0 Å². The van der Waals surface area contributed by atoms with Crippen molar-refractivity contribution < 1.29 is 14.3 Å². The van der Waals surface area contributed by atoms with Gasteiger partial charge in [-0.05, 0) is 24.8 Å². The van der Waals surface area contributed by atoms with Crippen molar-refractivity contribution in [1.29, 1.82) is 0 Å². The van der Waals surface area contributed by atoms with Crippen molar-refractivity contribution in [2.24, 2.45) is 0 Å². The minimum atomic E-state index is -0.430. The summed E-state index contributed by atoms with van der Waals surface area (Å²) in [5.74, 6) is -0.430. The molecule has 0 saturated heterocycles. The van der Waals surface area contributed by atoms with Gasteiger partial charge in [-0.2, -0.15) is 0 Å². The van der Waals surface area contributed by atoms with Crippen molar-refractivity contribution in [3.05, 3.63) is 22.4 Å². The van der Waals surface area contributed by atoms with Crippen LogP contribution in [-0.2, 0) is 16.0 Å². The number of esters is 1. The maximum atomic E-state index is 11.3. The first-order valence-corrected chi connectivity index (χ1v) is 6.30. The lowest BCUT2D eigenvalue weighted by molar-refractivity contribution is -0.141. The molecule has 0 aliphatic heterocycles. The summed E-state index contributed by atoms with van der Waals surface area (Å²) in [5.41, 5.74) is 0. The normalized spacial score (nSPS) is 9.71. The summed E-state index contributed by atoms with van der Waals surface area (Å²) >= 11 is 1.65. The van der Waals surface area contributed by atoms with Crippen molar-refractivity contribution in [1.82, 2.24) is 10.6 Å². The zero-order valence-electron chi connectivity index (χ0n) is 9.69. The van der Waals surface area contributed by atoms with E-state index in [0.717, 1.165) is 6.42 Å². The number of rotatable bonds is 6. The summed E-state index contributed by atoms with van der Waals surface area (Å²) in [6, 6.07) is 3.64. The predicted octanol–water partition coefficient (Wildman–Crippen LogP) is 1.15. The second kappa shape index (κ2) is 7.67. The number of thiophene rings is 1. The first-order valence-electron chi connectivity index (χ1n) is 5.42. The highest BCUT2D eigenvalue weighted by atomic mass is 32.1. The third-order valence-electron chi connectivity index (χ3n) is 1.94. The maximum Gasteiger partial charge on any atom is 0.325 e. The molecule has 0 aliphatic rings. The van der Waals surface area contributed by atoms with Crippen LogP contribution in [0.2, 0.25) is 0 Å². The molecule has 0 aromatic carbocycles. The van der Waals surface area contributed by atoms with E-state index in [9.17, 15) is 9.59 Å². The average molecular weight is 256 g/mol. The Morgan fingerprint density at radius 3 is 2.88 bits per heavy atom. The molecule has 2 N–H and O–H groups in total. The molecule has 1 aromatic heterocycles. The minimum absolute atomic E-state index is 0.0985. The van der Waals surface area contributed by atoms with Crippen molar-refractivity contribution in [2.45, 2.75) is 13.3 Å². The molecule has 1 heterocycles. The Bertz CT molecular complexity index is 352. The standard InChI is InChI=1S/C11H16N2O3S/c1-2-16-10(14)8-13-11(15)12-6-5-9-4-3-7-17-9/h3-4,7H,2,5-6,8H2,1H3,(H2,12,13,15). The Balaban J connectivity index is 2.07. The lowest BCUT2D eigenvalue weighted by Gasteiger charge is -2.06. The van der Waals surface area contributed by atoms with Crippen LogP contribution < -0.4 is 10.6 Å². The second-order valence-electron chi connectivity index (χ2n) is 3.24. The van der Waals surface area contributed by atoms with Crippen molar-refractivity contribution in [3.63, 3.8) is 0 Å². The molecule has 5 nitrogen and oxygen atoms in total. The summed E-state index contributed by atoms with van der Waals surface area (Å²) in [6.07, 6.45) is 0.796. The number of nitrogens with one attached hydrogen (secondary N) is 2. The highest BCUT2D eigenvalue weighted by Crippen LogP contribution is 2.07. The van der Waals surface area contributed by atoms with Crippen molar-refractivity contribution in [2.75, 3.05) is 19.7 Å². The number of carbonyl (C=O) groups excluding carboxylic acids is 2. The molecule has 0 saturated carbocycles. The van der Waals surface area contributed by atoms with Crippen LogP contribution >= 0.6 is 11.3 Å². The fourth-order valence-corrected chi connectivity index (χ4v) is 1.89. The van der Waals surface area contributed by atoms with E-state index in [1.807, 2.05) is 17.5 Å². The van der Waals surface area contributed by atoms with Gasteiger partial charge in [0.2, 0.25) is 0 Å². The van der Waals surface area contributed by atoms with Gasteiger partial charge in [-0.3, -0.25) is 4.79 Å². The highest BCUT2D eigenvalue weighted by molar-refractivity contribution is 7.09. The van der Waals surface area contributed by atoms with Crippen LogP contribution in [-0.4, -0.2) is 31.7 Å². The summed E-state index contributed by atoms with van der Waals surface area (Å²) in [6.45, 7) is 2.49. The van der Waals surface area contributed by atoms with Crippen molar-refractivity contribution in [3.8, 4) is 0 Å². The van der Waals surface area contributed by atoms with E-state index in [1.165, 1.54) is 4.88 Å². The molecule has 0 atom stereocenters. The van der Waals surface area contributed by atoms with Crippen LogP contribution in [0.3, 0.4) is 0 Å². The van der Waals surface area contributed by atoms with E-state index in [1.54, 1.807) is 18.3 Å². The molecular weight excluding hydrogens is 240 g/mol. The van der Waals surface area contributed by atoms with Gasteiger partial charge in [-0.1, -0.05) is 6.07 Å². The zero-order chi connectivity index (χ0) is 12.5. The fourth-order valence-electron chi connectivity index (χ4n) is 1.18. The number of carbonyl (C=O) groups is 2. The van der Waals surface area contributed by atoms with Gasteiger partial charge in [0.25, 0.3) is 0 Å². The molecule has 6 heteroatoms. The SMILES string of the molecule is CCOC(=O)CNC(=O)NCCc1cccs1. The number of amides is 2. The molecule has 0 bridgehead atoms. The first-order chi connectivity index (χ1) is 8.22. The smallest absolute Gasteiger partial charge is 0.325 e. The Hall–Kier alpha value is -1.56. The summed E-state index contributed by atoms with van der Waals surface area (Å²) < 4.78 is 4.68. The van der Waals surface area contributed by atoms with Crippen LogP contribution in [0.15, 0.2) is 17.5 Å². The Kier molecular flexibility index (Phi) is 6.09. The van der Waals surface area contributed by atoms with Crippen LogP contribution in [0, 0.1) is 0 Å². The molecule has 0 spiro atoms. The Morgan fingerprint density at radius 2 is 2.24 bits per heavy atom. The van der Waals surface area contributed by atoms with Gasteiger partial charge >= 0.3 is 12.0 Å². The molecule has 0 radical (unpaired) electrons. The van der Waals surface area contributed by atoms with Crippen LogP contribution in [0.25, 0.3) is 0 Å². The molecule has 17 heavy (non-hydrogen) atoms. The topological polar surface area (TPSA) is 67.4 Å². The maximum absolute atomic E-state index is 11.3. The van der Waals surface area contributed by atoms with Gasteiger partial charge in [0.05, 0.1) is 6.61 Å². The van der Waals surface area contributed by atoms with Gasteiger partial charge < -0.3 is 15.4 Å². The summed E-state index contributed by atoms with van der Waals surface area (Å²) in [7, 11) is 0. The number of urea groups is 1. The van der Waals surface area contributed by atoms with E-state index < -0.39 is 5.97 Å². The van der Waals surface area contributed by atoms with Crippen LogP contribution in [0.4, 0.5) is 4.79 Å². The van der Waals surface area contributed by atoms with E-state index in [-0.39, 0.29) is 12.6 Å². The second-order valence-corrected chi connectivity index (χ2v) is 4.28. The van der Waals surface area contributed by atoms with E-state index in [2.05, 4.69) is 15.4 Å². The molecule has 1 rings (SSSR count). The quantitative estimate of drug-likeness (QED) is 0.750. The van der Waals surface area contributed by atoms with E-state index in [0.29, 0.717) is 13.2 Å². The van der Waals surface area contributed by atoms with E-state index in [4.69, 9.17) is 0 Å². The van der Waals surface area contributed by atoms with Crippen LogP contribution in [0.1, 0.15) is 11.8 Å². The summed E-state index contributed by atoms with van der Waals surface area (Å²) in [4.78, 5) is 23.4. The van der Waals surface area contributed by atoms with E-state index >= 15 is 0 Å². The molecule has 0 aliphatic carbocycles. The van der Waals surface area contributed by atoms with Gasteiger partial charge in [0, 0.05) is 11.4 Å². The van der Waals surface area contributed by atoms with Gasteiger partial charge in [-0.25, -0.2) is 4.79 Å². The molecule has 1 aromatic rings. The molecule has 2 amide bonds. The van der Waals surface area contributed by atoms with Gasteiger partial charge in [0.1, 0.15) is 6.54 Å². The molecular formula is C11H16N2O3S. The molecule has 94 valence electrons. The fraction of sp³-hybridized carbons (Fsp3) is 0.455. The summed E-state index contributed by atoms with van der Waals surface area (Å²) in [5, 5.41) is 7.09. The monoisotopic (exact) mass is 256 g/mol. The molecule has 0 unspecified atom stereocenters. The highest BCUT2D eigenvalue weighted by Gasteiger charge is 2.04. The lowest BCUT2D eigenvalue weighted by atomic mass is 10.3.